The average Bonchev–Trinajstić information content (AvgIpc) is 2.90. The molecule has 0 saturated carbocycles. The highest BCUT2D eigenvalue weighted by molar-refractivity contribution is 7.92. The number of nitrogens with one attached hydrogen (secondary N) is 1. The molecule has 0 unspecified atom stereocenters. The molecule has 4 aromatic carbocycles. The lowest BCUT2D eigenvalue weighted by molar-refractivity contribution is -0.127. The highest BCUT2D eigenvalue weighted by Gasteiger charge is 2.37. The minimum atomic E-state index is -3.89. The van der Waals surface area contributed by atoms with Crippen molar-refractivity contribution in [3.8, 4) is 11.5 Å². The molecule has 0 spiro atoms. The number of sulfonamides is 1. The van der Waals surface area contributed by atoms with Gasteiger partial charge in [0.25, 0.3) is 15.9 Å². The van der Waals surface area contributed by atoms with Crippen molar-refractivity contribution >= 4 is 32.4 Å². The molecule has 0 aliphatic carbocycles. The van der Waals surface area contributed by atoms with Crippen molar-refractivity contribution < 1.29 is 22.7 Å². The summed E-state index contributed by atoms with van der Waals surface area (Å²) in [7, 11) is -3.89. The third kappa shape index (κ3) is 4.72. The Kier molecular flexibility index (Phi) is 6.52. The van der Waals surface area contributed by atoms with Gasteiger partial charge in [-0.05, 0) is 42.6 Å². The quantitative estimate of drug-likeness (QED) is 0.381. The minimum Gasteiger partial charge on any atom is -0.491 e. The molecule has 1 heterocycles. The highest BCUT2D eigenvalue weighted by Crippen LogP contribution is 2.36. The second-order valence-corrected chi connectivity index (χ2v) is 10.4. The lowest BCUT2D eigenvalue weighted by Crippen LogP contribution is -2.51. The van der Waals surface area contributed by atoms with Crippen LogP contribution in [-0.2, 0) is 14.8 Å². The molecule has 36 heavy (non-hydrogen) atoms. The lowest BCUT2D eigenvalue weighted by atomic mass is 10.1. The summed E-state index contributed by atoms with van der Waals surface area (Å²) in [6, 6.07) is 27.2. The number of aryl methyl sites for hydroxylation is 1. The topological polar surface area (TPSA) is 84.9 Å². The van der Waals surface area contributed by atoms with Gasteiger partial charge in [0, 0.05) is 5.39 Å². The number of carbonyl (C=O) groups excluding carboxylic acids is 1. The van der Waals surface area contributed by atoms with Crippen LogP contribution in [0.2, 0.25) is 0 Å². The Morgan fingerprint density at radius 2 is 1.69 bits per heavy atom. The van der Waals surface area contributed by atoms with Crippen LogP contribution in [-0.4, -0.2) is 40.1 Å². The van der Waals surface area contributed by atoms with E-state index in [0.717, 1.165) is 22.1 Å². The number of nitrogens with zero attached hydrogens (tertiary/aromatic N) is 1. The smallest absolute Gasteiger partial charge is 0.264 e. The van der Waals surface area contributed by atoms with E-state index in [1.807, 2.05) is 49.4 Å². The largest absolute Gasteiger partial charge is 0.491 e. The first kappa shape index (κ1) is 23.7. The second kappa shape index (κ2) is 9.91. The molecule has 0 radical (unpaired) electrons. The van der Waals surface area contributed by atoms with Crippen LogP contribution in [0.3, 0.4) is 0 Å². The molecule has 0 saturated heterocycles. The van der Waals surface area contributed by atoms with Crippen molar-refractivity contribution in [3.05, 3.63) is 96.6 Å². The van der Waals surface area contributed by atoms with Crippen LogP contribution in [0.4, 0.5) is 5.69 Å². The summed E-state index contributed by atoms with van der Waals surface area (Å²) >= 11 is 0. The fourth-order valence-corrected chi connectivity index (χ4v) is 5.65. The average molecular weight is 503 g/mol. The number of ether oxygens (including phenoxy) is 2. The molecule has 1 atom stereocenters. The molecule has 5 rings (SSSR count). The van der Waals surface area contributed by atoms with Crippen molar-refractivity contribution in [1.29, 1.82) is 0 Å². The van der Waals surface area contributed by atoms with E-state index < -0.39 is 22.0 Å². The van der Waals surface area contributed by atoms with E-state index in [2.05, 4.69) is 5.32 Å². The Balaban J connectivity index is 1.28. The van der Waals surface area contributed by atoms with Crippen molar-refractivity contribution in [2.24, 2.45) is 0 Å². The van der Waals surface area contributed by atoms with Crippen molar-refractivity contribution in [2.75, 3.05) is 24.0 Å². The standard InChI is InChI=1S/C28H26N2O5S/c1-20-13-15-22(16-14-20)36(32,33)30-19-27(35-26-11-5-4-10-24(26)30)28(31)29-17-18-34-25-12-6-8-21-7-2-3-9-23(21)25/h2-16,27H,17-19H2,1H3,(H,29,31)/t27-/m0/s1. The fourth-order valence-electron chi connectivity index (χ4n) is 4.17. The maximum Gasteiger partial charge on any atom is 0.264 e. The summed E-state index contributed by atoms with van der Waals surface area (Å²) in [4.78, 5) is 13.1. The zero-order chi connectivity index (χ0) is 25.1. The maximum atomic E-state index is 13.5. The van der Waals surface area contributed by atoms with E-state index in [4.69, 9.17) is 9.47 Å². The Bertz CT molecular complexity index is 1500. The molecule has 4 aromatic rings. The Morgan fingerprint density at radius 3 is 2.53 bits per heavy atom. The predicted octanol–water partition coefficient (Wildman–Crippen LogP) is 4.30. The number of benzene rings is 4. The van der Waals surface area contributed by atoms with Crippen molar-refractivity contribution in [1.82, 2.24) is 5.32 Å². The maximum absolute atomic E-state index is 13.5. The molecular formula is C28H26N2O5S. The SMILES string of the molecule is Cc1ccc(S(=O)(=O)N2C[C@@H](C(=O)NCCOc3cccc4ccccc34)Oc3ccccc32)cc1. The minimum absolute atomic E-state index is 0.136. The molecule has 0 fully saturated rings. The summed E-state index contributed by atoms with van der Waals surface area (Å²) in [6.07, 6.45) is -1.00. The van der Waals surface area contributed by atoms with Gasteiger partial charge in [-0.1, -0.05) is 66.2 Å². The molecule has 1 aliphatic rings. The van der Waals surface area contributed by atoms with Crippen LogP contribution in [0.5, 0.6) is 11.5 Å². The molecule has 1 N–H and O–H groups in total. The fraction of sp³-hybridized carbons (Fsp3) is 0.179. The van der Waals surface area contributed by atoms with Gasteiger partial charge in [-0.25, -0.2) is 8.42 Å². The lowest BCUT2D eigenvalue weighted by Gasteiger charge is -2.34. The monoisotopic (exact) mass is 502 g/mol. The van der Waals surface area contributed by atoms with Crippen LogP contribution < -0.4 is 19.1 Å². The van der Waals surface area contributed by atoms with Gasteiger partial charge < -0.3 is 14.8 Å². The van der Waals surface area contributed by atoms with Gasteiger partial charge in [0.2, 0.25) is 0 Å². The Hall–Kier alpha value is -4.04. The normalized spacial score (nSPS) is 15.1. The van der Waals surface area contributed by atoms with Crippen LogP contribution >= 0.6 is 0 Å². The Labute approximate surface area is 210 Å². The first-order valence-electron chi connectivity index (χ1n) is 11.7. The van der Waals surface area contributed by atoms with Crippen molar-refractivity contribution in [2.45, 2.75) is 17.9 Å². The number of hydrogen-bond donors (Lipinski definition) is 1. The van der Waals surface area contributed by atoms with E-state index in [-0.39, 0.29) is 24.6 Å². The Morgan fingerprint density at radius 1 is 0.972 bits per heavy atom. The van der Waals surface area contributed by atoms with Gasteiger partial charge in [-0.15, -0.1) is 0 Å². The summed E-state index contributed by atoms with van der Waals surface area (Å²) in [5.74, 6) is 0.669. The van der Waals surface area contributed by atoms with E-state index >= 15 is 0 Å². The van der Waals surface area contributed by atoms with E-state index in [9.17, 15) is 13.2 Å². The molecule has 7 nitrogen and oxygen atoms in total. The van der Waals surface area contributed by atoms with Gasteiger partial charge in [0.15, 0.2) is 6.10 Å². The van der Waals surface area contributed by atoms with Gasteiger partial charge >= 0.3 is 0 Å². The van der Waals surface area contributed by atoms with E-state index in [1.165, 1.54) is 4.31 Å². The van der Waals surface area contributed by atoms with Gasteiger partial charge in [-0.2, -0.15) is 0 Å². The number of amides is 1. The molecule has 1 amide bonds. The second-order valence-electron chi connectivity index (χ2n) is 8.54. The van der Waals surface area contributed by atoms with Gasteiger partial charge in [-0.3, -0.25) is 9.10 Å². The van der Waals surface area contributed by atoms with E-state index in [0.29, 0.717) is 11.4 Å². The van der Waals surface area contributed by atoms with Crippen LogP contribution in [0.1, 0.15) is 5.56 Å². The van der Waals surface area contributed by atoms with Crippen LogP contribution in [0.25, 0.3) is 10.8 Å². The number of rotatable bonds is 7. The first-order valence-corrected chi connectivity index (χ1v) is 13.1. The number of fused-ring (bicyclic) bond motifs is 2. The third-order valence-electron chi connectivity index (χ3n) is 6.04. The summed E-state index contributed by atoms with van der Waals surface area (Å²) in [5, 5.41) is 4.88. The van der Waals surface area contributed by atoms with Crippen LogP contribution in [0.15, 0.2) is 95.9 Å². The first-order chi connectivity index (χ1) is 17.4. The summed E-state index contributed by atoms with van der Waals surface area (Å²) in [5.41, 5.74) is 1.36. The molecule has 8 heteroatoms. The highest BCUT2D eigenvalue weighted by atomic mass is 32.2. The summed E-state index contributed by atoms with van der Waals surface area (Å²) in [6.45, 7) is 2.26. The van der Waals surface area contributed by atoms with Gasteiger partial charge in [0.1, 0.15) is 18.1 Å². The number of para-hydroxylation sites is 2. The third-order valence-corrected chi connectivity index (χ3v) is 7.84. The van der Waals surface area contributed by atoms with Gasteiger partial charge in [0.05, 0.1) is 23.7 Å². The summed E-state index contributed by atoms with van der Waals surface area (Å²) < 4.78 is 40.0. The molecule has 184 valence electrons. The number of hydrogen-bond acceptors (Lipinski definition) is 5. The molecule has 1 aliphatic heterocycles. The zero-order valence-electron chi connectivity index (χ0n) is 19.8. The molecule has 0 aromatic heterocycles. The zero-order valence-corrected chi connectivity index (χ0v) is 20.6. The van der Waals surface area contributed by atoms with Crippen LogP contribution in [0, 0.1) is 6.92 Å². The van der Waals surface area contributed by atoms with Crippen molar-refractivity contribution in [3.63, 3.8) is 0 Å². The molecular weight excluding hydrogens is 476 g/mol. The predicted molar refractivity (Wildman–Crippen MR) is 139 cm³/mol. The van der Waals surface area contributed by atoms with E-state index in [1.54, 1.807) is 48.5 Å². The number of carbonyl (C=O) groups is 1. The number of anilines is 1. The molecule has 0 bridgehead atoms.